The first-order valence-corrected chi connectivity index (χ1v) is 10.6. The fourth-order valence-corrected chi connectivity index (χ4v) is 4.90. The minimum Gasteiger partial charge on any atom is -0.325 e. The van der Waals surface area contributed by atoms with Gasteiger partial charge in [-0.05, 0) is 38.1 Å². The van der Waals surface area contributed by atoms with Crippen LogP contribution >= 0.6 is 11.8 Å². The summed E-state index contributed by atoms with van der Waals surface area (Å²) in [5, 5.41) is 6.24. The van der Waals surface area contributed by atoms with Gasteiger partial charge >= 0.3 is 0 Å². The smallest absolute Gasteiger partial charge is 0.234 e. The van der Waals surface area contributed by atoms with E-state index in [-0.39, 0.29) is 5.91 Å². The second-order valence-electron chi connectivity index (χ2n) is 7.24. The average molecular weight is 380 g/mol. The van der Waals surface area contributed by atoms with Crippen LogP contribution in [-0.2, 0) is 4.79 Å². The number of anilines is 1. The normalized spacial score (nSPS) is 14.7. The summed E-state index contributed by atoms with van der Waals surface area (Å²) in [4.78, 5) is 17.3. The monoisotopic (exact) mass is 379 g/mol. The first kappa shape index (κ1) is 18.1. The van der Waals surface area contributed by atoms with Gasteiger partial charge < -0.3 is 9.88 Å². The zero-order chi connectivity index (χ0) is 18.8. The minimum atomic E-state index is 0.00707. The van der Waals surface area contributed by atoms with Crippen LogP contribution in [0.25, 0.3) is 10.8 Å². The lowest BCUT2D eigenvalue weighted by Crippen LogP contribution is -2.15. The third kappa shape index (κ3) is 3.74. The van der Waals surface area contributed by atoms with E-state index >= 15 is 0 Å². The quantitative estimate of drug-likeness (QED) is 0.596. The van der Waals surface area contributed by atoms with Crippen molar-refractivity contribution in [3.8, 4) is 0 Å². The van der Waals surface area contributed by atoms with Gasteiger partial charge in [0.25, 0.3) is 0 Å². The highest BCUT2D eigenvalue weighted by Crippen LogP contribution is 2.35. The molecule has 1 saturated carbocycles. The summed E-state index contributed by atoms with van der Waals surface area (Å²) in [6.07, 6.45) is 5.00. The second kappa shape index (κ2) is 7.77. The van der Waals surface area contributed by atoms with Crippen molar-refractivity contribution < 1.29 is 4.79 Å². The highest BCUT2D eigenvalue weighted by molar-refractivity contribution is 7.99. The molecule has 27 heavy (non-hydrogen) atoms. The van der Waals surface area contributed by atoms with Crippen LogP contribution in [-0.4, -0.2) is 21.2 Å². The van der Waals surface area contributed by atoms with Gasteiger partial charge in [0.1, 0.15) is 0 Å². The number of rotatable bonds is 5. The summed E-state index contributed by atoms with van der Waals surface area (Å²) in [6.45, 7) is 4.20. The Morgan fingerprint density at radius 1 is 1.15 bits per heavy atom. The van der Waals surface area contributed by atoms with Crippen molar-refractivity contribution in [3.63, 3.8) is 0 Å². The van der Waals surface area contributed by atoms with Gasteiger partial charge in [0, 0.05) is 22.8 Å². The summed E-state index contributed by atoms with van der Waals surface area (Å²) in [6, 6.07) is 14.6. The Morgan fingerprint density at radius 3 is 2.70 bits per heavy atom. The molecule has 0 atom stereocenters. The number of aryl methyl sites for hydroxylation is 1. The lowest BCUT2D eigenvalue weighted by molar-refractivity contribution is -0.113. The van der Waals surface area contributed by atoms with Crippen LogP contribution in [0.5, 0.6) is 0 Å². The highest BCUT2D eigenvalue weighted by atomic mass is 32.2. The van der Waals surface area contributed by atoms with Crippen molar-refractivity contribution in [3.05, 3.63) is 53.9 Å². The van der Waals surface area contributed by atoms with Gasteiger partial charge in [-0.25, -0.2) is 4.98 Å². The fraction of sp³-hybridized carbons (Fsp3) is 0.364. The molecule has 1 N–H and O–H groups in total. The largest absolute Gasteiger partial charge is 0.325 e. The molecule has 4 nitrogen and oxygen atoms in total. The number of carbonyl (C=O) groups excluding carboxylic acids is 1. The predicted molar refractivity (Wildman–Crippen MR) is 113 cm³/mol. The topological polar surface area (TPSA) is 46.9 Å². The molecule has 3 aromatic rings. The standard InChI is InChI=1S/C22H25N3OS/c1-15-16(2)25(18-10-4-5-11-18)22(23-15)27-14-21(26)24-20-13-7-9-17-8-3-6-12-19(17)20/h3,6-9,12-13,18H,4-5,10-11,14H2,1-2H3,(H,24,26). The SMILES string of the molecule is Cc1nc(SCC(=O)Nc2cccc3ccccc23)n(C2CCCC2)c1C. The predicted octanol–water partition coefficient (Wildman–Crippen LogP) is 5.50. The zero-order valence-corrected chi connectivity index (χ0v) is 16.7. The number of imidazole rings is 1. The Bertz CT molecular complexity index is 968. The van der Waals surface area contributed by atoms with Gasteiger partial charge in [0.05, 0.1) is 11.4 Å². The molecule has 1 fully saturated rings. The maximum atomic E-state index is 12.6. The molecule has 1 aromatic heterocycles. The number of nitrogens with zero attached hydrogens (tertiary/aromatic N) is 2. The summed E-state index contributed by atoms with van der Waals surface area (Å²) < 4.78 is 2.36. The maximum absolute atomic E-state index is 12.6. The number of aromatic nitrogens is 2. The van der Waals surface area contributed by atoms with E-state index in [9.17, 15) is 4.79 Å². The number of hydrogen-bond donors (Lipinski definition) is 1. The van der Waals surface area contributed by atoms with Crippen LogP contribution in [0.1, 0.15) is 43.1 Å². The van der Waals surface area contributed by atoms with Gasteiger partial charge in [-0.2, -0.15) is 0 Å². The molecular formula is C22H25N3OS. The van der Waals surface area contributed by atoms with Crippen LogP contribution in [0.15, 0.2) is 47.6 Å². The molecule has 5 heteroatoms. The Kier molecular flexibility index (Phi) is 5.21. The Labute approximate surface area is 164 Å². The highest BCUT2D eigenvalue weighted by Gasteiger charge is 2.23. The molecule has 1 amide bonds. The third-order valence-corrected chi connectivity index (χ3v) is 6.39. The number of nitrogens with one attached hydrogen (secondary N) is 1. The molecule has 140 valence electrons. The summed E-state index contributed by atoms with van der Waals surface area (Å²) in [5.74, 6) is 0.374. The van der Waals surface area contributed by atoms with E-state index < -0.39 is 0 Å². The molecule has 0 aliphatic heterocycles. The Hall–Kier alpha value is -2.27. The zero-order valence-electron chi connectivity index (χ0n) is 15.9. The van der Waals surface area contributed by atoms with E-state index in [1.807, 2.05) is 30.3 Å². The molecule has 0 unspecified atom stereocenters. The van der Waals surface area contributed by atoms with Crippen molar-refractivity contribution in [2.75, 3.05) is 11.1 Å². The number of thioether (sulfide) groups is 1. The van der Waals surface area contributed by atoms with Crippen LogP contribution in [0.3, 0.4) is 0 Å². The number of amides is 1. The number of fused-ring (bicyclic) bond motifs is 1. The van der Waals surface area contributed by atoms with Crippen LogP contribution < -0.4 is 5.32 Å². The Balaban J connectivity index is 1.47. The third-order valence-electron chi connectivity index (χ3n) is 5.44. The molecule has 0 radical (unpaired) electrons. The molecule has 1 heterocycles. The van der Waals surface area contributed by atoms with Gasteiger partial charge in [0.15, 0.2) is 5.16 Å². The van der Waals surface area contributed by atoms with E-state index in [0.717, 1.165) is 27.3 Å². The molecule has 1 aliphatic rings. The molecular weight excluding hydrogens is 354 g/mol. The van der Waals surface area contributed by atoms with Gasteiger partial charge in [-0.1, -0.05) is 61.0 Å². The molecule has 4 rings (SSSR count). The lowest BCUT2D eigenvalue weighted by atomic mass is 10.1. The number of hydrogen-bond acceptors (Lipinski definition) is 3. The van der Waals surface area contributed by atoms with Crippen molar-refractivity contribution in [1.29, 1.82) is 0 Å². The molecule has 0 saturated heterocycles. The number of carbonyl (C=O) groups is 1. The van der Waals surface area contributed by atoms with Gasteiger partial charge in [-0.15, -0.1) is 0 Å². The first-order valence-electron chi connectivity index (χ1n) is 9.59. The molecule has 1 aliphatic carbocycles. The summed E-state index contributed by atoms with van der Waals surface area (Å²) in [5.41, 5.74) is 3.17. The molecule has 0 spiro atoms. The van der Waals surface area contributed by atoms with Crippen molar-refractivity contribution in [2.45, 2.75) is 50.7 Å². The molecule has 0 bridgehead atoms. The average Bonchev–Trinajstić information content (AvgIpc) is 3.29. The van der Waals surface area contributed by atoms with Gasteiger partial charge in [0.2, 0.25) is 5.91 Å². The fourth-order valence-electron chi connectivity index (χ4n) is 3.94. The maximum Gasteiger partial charge on any atom is 0.234 e. The molecule has 2 aromatic carbocycles. The van der Waals surface area contributed by atoms with E-state index in [0.29, 0.717) is 11.8 Å². The lowest BCUT2D eigenvalue weighted by Gasteiger charge is -2.17. The Morgan fingerprint density at radius 2 is 1.89 bits per heavy atom. The van der Waals surface area contributed by atoms with Crippen LogP contribution in [0.4, 0.5) is 5.69 Å². The number of benzene rings is 2. The summed E-state index contributed by atoms with van der Waals surface area (Å²) >= 11 is 1.54. The van der Waals surface area contributed by atoms with Crippen LogP contribution in [0.2, 0.25) is 0 Å². The van der Waals surface area contributed by atoms with E-state index in [4.69, 9.17) is 4.98 Å². The van der Waals surface area contributed by atoms with Crippen molar-refractivity contribution in [2.24, 2.45) is 0 Å². The van der Waals surface area contributed by atoms with E-state index in [1.54, 1.807) is 11.8 Å². The van der Waals surface area contributed by atoms with E-state index in [2.05, 4.69) is 35.9 Å². The first-order chi connectivity index (χ1) is 13.1. The van der Waals surface area contributed by atoms with Crippen molar-refractivity contribution in [1.82, 2.24) is 9.55 Å². The van der Waals surface area contributed by atoms with E-state index in [1.165, 1.54) is 31.4 Å². The minimum absolute atomic E-state index is 0.00707. The van der Waals surface area contributed by atoms with Gasteiger partial charge in [-0.3, -0.25) is 4.79 Å². The van der Waals surface area contributed by atoms with Crippen LogP contribution in [0, 0.1) is 13.8 Å². The second-order valence-corrected chi connectivity index (χ2v) is 8.18. The van der Waals surface area contributed by atoms with Crippen molar-refractivity contribution >= 4 is 34.1 Å². The summed E-state index contributed by atoms with van der Waals surface area (Å²) in [7, 11) is 0.